The van der Waals surface area contributed by atoms with E-state index < -0.39 is 10.0 Å². The van der Waals surface area contributed by atoms with Crippen LogP contribution in [0.25, 0.3) is 0 Å². The number of carbonyl (C=O) groups is 1. The van der Waals surface area contributed by atoms with Crippen molar-refractivity contribution in [3.05, 3.63) is 59.2 Å². The van der Waals surface area contributed by atoms with Crippen LogP contribution in [0.5, 0.6) is 0 Å². The number of amides is 1. The van der Waals surface area contributed by atoms with Gasteiger partial charge in [-0.1, -0.05) is 12.1 Å². The minimum atomic E-state index is -3.37. The van der Waals surface area contributed by atoms with Crippen molar-refractivity contribution in [2.24, 2.45) is 0 Å². The van der Waals surface area contributed by atoms with Gasteiger partial charge < -0.3 is 10.6 Å². The van der Waals surface area contributed by atoms with E-state index in [0.29, 0.717) is 11.3 Å². The predicted octanol–water partition coefficient (Wildman–Crippen LogP) is 1.91. The maximum atomic E-state index is 12.3. The Morgan fingerprint density at radius 2 is 1.83 bits per heavy atom. The summed E-state index contributed by atoms with van der Waals surface area (Å²) in [6.07, 6.45) is 1.07. The number of nitrogens with one attached hydrogen (secondary N) is 3. The highest BCUT2D eigenvalue weighted by molar-refractivity contribution is 7.92. The molecule has 0 fully saturated rings. The summed E-state index contributed by atoms with van der Waals surface area (Å²) >= 11 is 0. The topological polar surface area (TPSA) is 87.3 Å². The van der Waals surface area contributed by atoms with Crippen LogP contribution in [0.2, 0.25) is 0 Å². The summed E-state index contributed by atoms with van der Waals surface area (Å²) in [5, 5.41) is 6.09. The van der Waals surface area contributed by atoms with E-state index in [4.69, 9.17) is 0 Å². The first-order valence-corrected chi connectivity index (χ1v) is 9.01. The number of hydrogen-bond acceptors (Lipinski definition) is 4. The van der Waals surface area contributed by atoms with Gasteiger partial charge in [0.2, 0.25) is 10.0 Å². The van der Waals surface area contributed by atoms with Gasteiger partial charge in [-0.2, -0.15) is 0 Å². The van der Waals surface area contributed by atoms with Crippen LogP contribution in [-0.4, -0.2) is 20.6 Å². The molecule has 1 aliphatic rings. The Morgan fingerprint density at radius 1 is 1.04 bits per heavy atom. The smallest absolute Gasteiger partial charge is 0.255 e. The van der Waals surface area contributed by atoms with Crippen LogP contribution in [0.1, 0.15) is 21.5 Å². The van der Waals surface area contributed by atoms with Crippen molar-refractivity contribution in [1.82, 2.24) is 5.32 Å². The van der Waals surface area contributed by atoms with Gasteiger partial charge in [0.25, 0.3) is 5.91 Å². The second-order valence-corrected chi connectivity index (χ2v) is 7.24. The second kappa shape index (κ2) is 6.02. The zero-order chi connectivity index (χ0) is 16.4. The number of carbonyl (C=O) groups excluding carboxylic acids is 1. The van der Waals surface area contributed by atoms with Crippen molar-refractivity contribution in [3.63, 3.8) is 0 Å². The van der Waals surface area contributed by atoms with Crippen LogP contribution in [0.3, 0.4) is 0 Å². The number of benzene rings is 2. The molecule has 0 bridgehead atoms. The minimum absolute atomic E-state index is 0.284. The normalized spacial score (nSPS) is 13.4. The lowest BCUT2D eigenvalue weighted by atomic mass is 10.1. The molecule has 120 valence electrons. The molecule has 7 heteroatoms. The van der Waals surface area contributed by atoms with Crippen LogP contribution in [-0.2, 0) is 23.1 Å². The molecule has 0 radical (unpaired) electrons. The van der Waals surface area contributed by atoms with E-state index in [1.165, 1.54) is 17.2 Å². The molecule has 1 aliphatic heterocycles. The number of anilines is 2. The Balaban J connectivity index is 1.77. The van der Waals surface area contributed by atoms with Gasteiger partial charge in [0.1, 0.15) is 0 Å². The van der Waals surface area contributed by atoms with E-state index in [-0.39, 0.29) is 5.91 Å². The van der Waals surface area contributed by atoms with Crippen molar-refractivity contribution in [2.45, 2.75) is 13.1 Å². The minimum Gasteiger partial charge on any atom is -0.322 e. The first kappa shape index (κ1) is 15.5. The van der Waals surface area contributed by atoms with Gasteiger partial charge in [-0.3, -0.25) is 9.52 Å². The zero-order valence-corrected chi connectivity index (χ0v) is 13.4. The lowest BCUT2D eigenvalue weighted by molar-refractivity contribution is 0.102. The molecule has 0 spiro atoms. The number of hydrogen-bond donors (Lipinski definition) is 3. The fraction of sp³-hybridized carbons (Fsp3) is 0.188. The second-order valence-electron chi connectivity index (χ2n) is 5.50. The molecule has 6 nitrogen and oxygen atoms in total. The molecule has 0 unspecified atom stereocenters. The van der Waals surface area contributed by atoms with Gasteiger partial charge in [0.15, 0.2) is 0 Å². The third-order valence-corrected chi connectivity index (χ3v) is 4.13. The van der Waals surface area contributed by atoms with E-state index in [2.05, 4.69) is 15.4 Å². The quantitative estimate of drug-likeness (QED) is 0.799. The fourth-order valence-electron chi connectivity index (χ4n) is 2.51. The summed E-state index contributed by atoms with van der Waals surface area (Å²) in [5.41, 5.74) is 3.88. The third kappa shape index (κ3) is 3.88. The molecular formula is C16H17N3O3S. The maximum absolute atomic E-state index is 12.3. The summed E-state index contributed by atoms with van der Waals surface area (Å²) in [5.74, 6) is -0.284. The van der Waals surface area contributed by atoms with Crippen molar-refractivity contribution >= 4 is 27.3 Å². The molecule has 0 atom stereocenters. The Morgan fingerprint density at radius 3 is 2.61 bits per heavy atom. The molecule has 23 heavy (non-hydrogen) atoms. The fourth-order valence-corrected chi connectivity index (χ4v) is 3.07. The van der Waals surface area contributed by atoms with Crippen molar-refractivity contribution < 1.29 is 13.2 Å². The number of sulfonamides is 1. The molecule has 0 saturated carbocycles. The van der Waals surface area contributed by atoms with E-state index in [9.17, 15) is 13.2 Å². The highest BCUT2D eigenvalue weighted by atomic mass is 32.2. The van der Waals surface area contributed by atoms with E-state index in [1.54, 1.807) is 18.2 Å². The summed E-state index contributed by atoms with van der Waals surface area (Å²) in [6, 6.07) is 12.2. The van der Waals surface area contributed by atoms with Gasteiger partial charge in [-0.05, 0) is 41.5 Å². The SMILES string of the molecule is CS(=O)(=O)Nc1cccc(C(=O)Nc2ccc3c(c2)CNC3)c1. The van der Waals surface area contributed by atoms with Gasteiger partial charge in [0, 0.05) is 30.0 Å². The summed E-state index contributed by atoms with van der Waals surface area (Å²) in [6.45, 7) is 1.65. The molecule has 3 N–H and O–H groups in total. The predicted molar refractivity (Wildman–Crippen MR) is 89.8 cm³/mol. The Kier molecular flexibility index (Phi) is 4.06. The van der Waals surface area contributed by atoms with E-state index in [0.717, 1.165) is 25.0 Å². The lowest BCUT2D eigenvalue weighted by Gasteiger charge is -2.09. The van der Waals surface area contributed by atoms with Crippen molar-refractivity contribution in [3.8, 4) is 0 Å². The average Bonchev–Trinajstić information content (AvgIpc) is 2.93. The van der Waals surface area contributed by atoms with Crippen LogP contribution in [0, 0.1) is 0 Å². The van der Waals surface area contributed by atoms with Crippen LogP contribution >= 0.6 is 0 Å². The maximum Gasteiger partial charge on any atom is 0.255 e. The first-order chi connectivity index (χ1) is 10.9. The zero-order valence-electron chi connectivity index (χ0n) is 12.6. The molecule has 3 rings (SSSR count). The van der Waals surface area contributed by atoms with Gasteiger partial charge >= 0.3 is 0 Å². The number of fused-ring (bicyclic) bond motifs is 1. The van der Waals surface area contributed by atoms with Gasteiger partial charge in [0.05, 0.1) is 6.26 Å². The largest absolute Gasteiger partial charge is 0.322 e. The number of rotatable bonds is 4. The monoisotopic (exact) mass is 331 g/mol. The molecule has 1 amide bonds. The standard InChI is InChI=1S/C16H17N3O3S/c1-23(21,22)19-15-4-2-3-11(7-15)16(20)18-14-6-5-12-9-17-10-13(12)8-14/h2-8,17,19H,9-10H2,1H3,(H,18,20). The molecular weight excluding hydrogens is 314 g/mol. The van der Waals surface area contributed by atoms with Gasteiger partial charge in [-0.25, -0.2) is 8.42 Å². The Hall–Kier alpha value is -2.38. The molecule has 0 aliphatic carbocycles. The van der Waals surface area contributed by atoms with Crippen LogP contribution in [0.15, 0.2) is 42.5 Å². The molecule has 2 aromatic carbocycles. The summed E-state index contributed by atoms with van der Waals surface area (Å²) in [4.78, 5) is 12.3. The van der Waals surface area contributed by atoms with Crippen LogP contribution in [0.4, 0.5) is 11.4 Å². The molecule has 1 heterocycles. The summed E-state index contributed by atoms with van der Waals surface area (Å²) in [7, 11) is -3.37. The Bertz CT molecular complexity index is 863. The average molecular weight is 331 g/mol. The highest BCUT2D eigenvalue weighted by Crippen LogP contribution is 2.21. The Labute approximate surface area is 135 Å². The lowest BCUT2D eigenvalue weighted by Crippen LogP contribution is -2.14. The van der Waals surface area contributed by atoms with E-state index in [1.807, 2.05) is 18.2 Å². The molecule has 0 aromatic heterocycles. The van der Waals surface area contributed by atoms with Crippen LogP contribution < -0.4 is 15.4 Å². The van der Waals surface area contributed by atoms with Crippen molar-refractivity contribution in [2.75, 3.05) is 16.3 Å². The summed E-state index contributed by atoms with van der Waals surface area (Å²) < 4.78 is 24.9. The first-order valence-electron chi connectivity index (χ1n) is 7.12. The molecule has 2 aromatic rings. The molecule has 0 saturated heterocycles. The third-order valence-electron chi connectivity index (χ3n) is 3.52. The van der Waals surface area contributed by atoms with Gasteiger partial charge in [-0.15, -0.1) is 0 Å². The highest BCUT2D eigenvalue weighted by Gasteiger charge is 2.12. The van der Waals surface area contributed by atoms with Crippen molar-refractivity contribution in [1.29, 1.82) is 0 Å². The van der Waals surface area contributed by atoms with E-state index >= 15 is 0 Å².